The predicted molar refractivity (Wildman–Crippen MR) is 135 cm³/mol. The van der Waals surface area contributed by atoms with E-state index in [1.165, 1.54) is 0 Å². The van der Waals surface area contributed by atoms with Gasteiger partial charge in [-0.2, -0.15) is 4.98 Å². The zero-order valence-electron chi connectivity index (χ0n) is 19.9. The van der Waals surface area contributed by atoms with Gasteiger partial charge < -0.3 is 9.84 Å². The zero-order chi connectivity index (χ0) is 24.0. The molecule has 1 aromatic heterocycles. The fourth-order valence-corrected chi connectivity index (χ4v) is 4.77. The molecule has 6 nitrogen and oxygen atoms in total. The Morgan fingerprint density at radius 3 is 2.34 bits per heavy atom. The van der Waals surface area contributed by atoms with Gasteiger partial charge in [0.05, 0.1) is 18.5 Å². The molecule has 1 unspecified atom stereocenters. The highest BCUT2D eigenvalue weighted by Gasteiger charge is 2.29. The molecule has 0 saturated carbocycles. The van der Waals surface area contributed by atoms with Gasteiger partial charge in [-0.25, -0.2) is 0 Å². The van der Waals surface area contributed by atoms with E-state index in [1.54, 1.807) is 0 Å². The molecule has 1 atom stereocenters. The summed E-state index contributed by atoms with van der Waals surface area (Å²) < 4.78 is 5.55. The van der Waals surface area contributed by atoms with Crippen LogP contribution in [0, 0.1) is 12.8 Å². The molecule has 0 spiro atoms. The van der Waals surface area contributed by atoms with Crippen LogP contribution in [0.25, 0.3) is 11.4 Å². The number of carbonyl (C=O) groups excluding carboxylic acids is 1. The lowest BCUT2D eigenvalue weighted by Crippen LogP contribution is -2.43. The normalized spacial score (nSPS) is 16.3. The molecule has 4 aromatic rings. The van der Waals surface area contributed by atoms with E-state index in [0.717, 1.165) is 41.6 Å². The van der Waals surface area contributed by atoms with Crippen LogP contribution in [0.15, 0.2) is 89.5 Å². The number of nitrogens with one attached hydrogen (secondary N) is 1. The van der Waals surface area contributed by atoms with E-state index >= 15 is 0 Å². The van der Waals surface area contributed by atoms with Crippen molar-refractivity contribution < 1.29 is 9.32 Å². The Balaban J connectivity index is 1.26. The summed E-state index contributed by atoms with van der Waals surface area (Å²) in [5.74, 6) is 1.18. The number of aromatic nitrogens is 2. The summed E-state index contributed by atoms with van der Waals surface area (Å²) >= 11 is 0. The molecule has 0 radical (unpaired) electrons. The first-order valence-electron chi connectivity index (χ1n) is 12.2. The van der Waals surface area contributed by atoms with Gasteiger partial charge in [0.1, 0.15) is 0 Å². The second kappa shape index (κ2) is 10.7. The summed E-state index contributed by atoms with van der Waals surface area (Å²) in [5, 5.41) is 7.50. The van der Waals surface area contributed by atoms with Crippen LogP contribution in [-0.2, 0) is 11.3 Å². The van der Waals surface area contributed by atoms with E-state index < -0.39 is 0 Å². The third-order valence-corrected chi connectivity index (χ3v) is 6.64. The van der Waals surface area contributed by atoms with Crippen LogP contribution in [0.2, 0.25) is 0 Å². The lowest BCUT2D eigenvalue weighted by Gasteiger charge is -2.32. The van der Waals surface area contributed by atoms with Gasteiger partial charge in [0.2, 0.25) is 17.6 Å². The molecule has 3 aromatic carbocycles. The van der Waals surface area contributed by atoms with Crippen LogP contribution in [0.5, 0.6) is 0 Å². The number of piperidine rings is 1. The van der Waals surface area contributed by atoms with E-state index in [2.05, 4.69) is 44.6 Å². The summed E-state index contributed by atoms with van der Waals surface area (Å²) in [4.78, 5) is 20.2. The molecule has 1 saturated heterocycles. The van der Waals surface area contributed by atoms with Crippen molar-refractivity contribution in [3.8, 4) is 11.4 Å². The maximum atomic E-state index is 13.4. The summed E-state index contributed by atoms with van der Waals surface area (Å²) in [5.41, 5.74) is 4.25. The topological polar surface area (TPSA) is 71.3 Å². The Kier molecular flexibility index (Phi) is 7.00. The number of hydrogen-bond acceptors (Lipinski definition) is 5. The number of likely N-dealkylation sites (tertiary alicyclic amines) is 1. The standard InChI is InChI=1S/C29H30N4O2/c1-21-11-8-9-17-25(21)28-30-26(35-32-28)20-33-18-10-16-24(19-33)29(34)31-27(22-12-4-2-5-13-22)23-14-6-3-7-15-23/h2-9,11-15,17,24,27H,10,16,18-20H2,1H3,(H,31,34). The van der Waals surface area contributed by atoms with Crippen LogP contribution in [0.1, 0.15) is 41.5 Å². The fraction of sp³-hybridized carbons (Fsp3) is 0.276. The van der Waals surface area contributed by atoms with E-state index in [9.17, 15) is 4.79 Å². The molecule has 35 heavy (non-hydrogen) atoms. The predicted octanol–water partition coefficient (Wildman–Crippen LogP) is 5.16. The molecule has 1 amide bonds. The Labute approximate surface area is 206 Å². The summed E-state index contributed by atoms with van der Waals surface area (Å²) in [7, 11) is 0. The molecular formula is C29H30N4O2. The largest absolute Gasteiger partial charge is 0.345 e. The number of amides is 1. The second-order valence-electron chi connectivity index (χ2n) is 9.16. The van der Waals surface area contributed by atoms with Crippen molar-refractivity contribution in [1.29, 1.82) is 0 Å². The first-order valence-corrected chi connectivity index (χ1v) is 12.2. The average Bonchev–Trinajstić information content (AvgIpc) is 3.36. The number of hydrogen-bond donors (Lipinski definition) is 1. The maximum Gasteiger partial charge on any atom is 0.241 e. The SMILES string of the molecule is Cc1ccccc1-c1noc(CN2CCCC(C(=O)NC(c3ccccc3)c3ccccc3)C2)n1. The van der Waals surface area contributed by atoms with E-state index in [1.807, 2.05) is 67.6 Å². The molecular weight excluding hydrogens is 436 g/mol. The van der Waals surface area contributed by atoms with Crippen molar-refractivity contribution in [2.75, 3.05) is 13.1 Å². The van der Waals surface area contributed by atoms with Crippen LogP contribution >= 0.6 is 0 Å². The summed E-state index contributed by atoms with van der Waals surface area (Å²) in [6, 6.07) is 28.1. The molecule has 0 aliphatic carbocycles. The van der Waals surface area contributed by atoms with Crippen molar-refractivity contribution in [1.82, 2.24) is 20.4 Å². The highest BCUT2D eigenvalue weighted by Crippen LogP contribution is 2.25. The monoisotopic (exact) mass is 466 g/mol. The minimum absolute atomic E-state index is 0.0820. The highest BCUT2D eigenvalue weighted by molar-refractivity contribution is 5.80. The van der Waals surface area contributed by atoms with Crippen molar-refractivity contribution in [2.24, 2.45) is 5.92 Å². The van der Waals surface area contributed by atoms with Gasteiger partial charge in [0.25, 0.3) is 0 Å². The van der Waals surface area contributed by atoms with Crippen molar-refractivity contribution in [3.05, 3.63) is 108 Å². The van der Waals surface area contributed by atoms with E-state index in [0.29, 0.717) is 24.8 Å². The molecule has 2 heterocycles. The highest BCUT2D eigenvalue weighted by atomic mass is 16.5. The van der Waals surface area contributed by atoms with E-state index in [4.69, 9.17) is 4.52 Å². The van der Waals surface area contributed by atoms with Gasteiger partial charge in [-0.3, -0.25) is 9.69 Å². The number of rotatable bonds is 7. The quantitative estimate of drug-likeness (QED) is 0.407. The van der Waals surface area contributed by atoms with Crippen molar-refractivity contribution in [3.63, 3.8) is 0 Å². The second-order valence-corrected chi connectivity index (χ2v) is 9.16. The van der Waals surface area contributed by atoms with Gasteiger partial charge in [-0.15, -0.1) is 0 Å². The molecule has 0 bridgehead atoms. The van der Waals surface area contributed by atoms with Crippen LogP contribution in [0.3, 0.4) is 0 Å². The maximum absolute atomic E-state index is 13.4. The summed E-state index contributed by atoms with van der Waals surface area (Å²) in [6.07, 6.45) is 1.83. The fourth-order valence-electron chi connectivity index (χ4n) is 4.77. The first-order chi connectivity index (χ1) is 17.2. The zero-order valence-corrected chi connectivity index (χ0v) is 19.9. The number of aryl methyl sites for hydroxylation is 1. The summed E-state index contributed by atoms with van der Waals surface area (Å²) in [6.45, 7) is 4.16. The van der Waals surface area contributed by atoms with Gasteiger partial charge >= 0.3 is 0 Å². The minimum atomic E-state index is -0.173. The molecule has 178 valence electrons. The molecule has 5 rings (SSSR count). The van der Waals surface area contributed by atoms with Gasteiger partial charge in [-0.05, 0) is 43.0 Å². The van der Waals surface area contributed by atoms with Crippen molar-refractivity contribution in [2.45, 2.75) is 32.4 Å². The van der Waals surface area contributed by atoms with Gasteiger partial charge in [0.15, 0.2) is 0 Å². The smallest absolute Gasteiger partial charge is 0.241 e. The number of nitrogens with zero attached hydrogens (tertiary/aromatic N) is 3. The molecule has 1 fully saturated rings. The molecule has 1 aliphatic heterocycles. The van der Waals surface area contributed by atoms with Crippen LogP contribution in [-0.4, -0.2) is 34.0 Å². The lowest BCUT2D eigenvalue weighted by atomic mass is 9.94. The van der Waals surface area contributed by atoms with Crippen LogP contribution < -0.4 is 5.32 Å². The van der Waals surface area contributed by atoms with Crippen molar-refractivity contribution >= 4 is 5.91 Å². The average molecular weight is 467 g/mol. The number of benzene rings is 3. The Bertz CT molecular complexity index is 1220. The Morgan fingerprint density at radius 2 is 1.66 bits per heavy atom. The van der Waals surface area contributed by atoms with Gasteiger partial charge in [0, 0.05) is 12.1 Å². The lowest BCUT2D eigenvalue weighted by molar-refractivity contribution is -0.127. The third kappa shape index (κ3) is 5.49. The Morgan fingerprint density at radius 1 is 1.00 bits per heavy atom. The Hall–Kier alpha value is -3.77. The van der Waals surface area contributed by atoms with Gasteiger partial charge in [-0.1, -0.05) is 90.1 Å². The molecule has 6 heteroatoms. The first kappa shape index (κ1) is 23.0. The molecule has 1 N–H and O–H groups in total. The van der Waals surface area contributed by atoms with Crippen LogP contribution in [0.4, 0.5) is 0 Å². The van der Waals surface area contributed by atoms with E-state index in [-0.39, 0.29) is 17.9 Å². The minimum Gasteiger partial charge on any atom is -0.345 e. The molecule has 1 aliphatic rings. The number of carbonyl (C=O) groups is 1. The third-order valence-electron chi connectivity index (χ3n) is 6.64.